The molecule has 1 saturated carbocycles. The Kier molecular flexibility index (Phi) is 5.94. The van der Waals surface area contributed by atoms with Crippen LogP contribution in [0.2, 0.25) is 0 Å². The highest BCUT2D eigenvalue weighted by atomic mass is 16.6. The zero-order valence-electron chi connectivity index (χ0n) is 17.4. The van der Waals surface area contributed by atoms with Crippen molar-refractivity contribution in [1.29, 1.82) is 0 Å². The number of hydrogen-bond acceptors (Lipinski definition) is 4. The van der Waals surface area contributed by atoms with Gasteiger partial charge >= 0.3 is 0 Å². The van der Waals surface area contributed by atoms with E-state index in [9.17, 15) is 4.79 Å². The molecule has 4 heteroatoms. The number of ketones is 1. The van der Waals surface area contributed by atoms with Crippen molar-refractivity contribution in [2.45, 2.75) is 50.5 Å². The number of ether oxygens (including phenoxy) is 3. The van der Waals surface area contributed by atoms with Crippen molar-refractivity contribution in [1.82, 2.24) is 0 Å². The molecule has 0 amide bonds. The minimum absolute atomic E-state index is 0.00482. The van der Waals surface area contributed by atoms with Gasteiger partial charge in [0.25, 0.3) is 0 Å². The van der Waals surface area contributed by atoms with Gasteiger partial charge in [-0.3, -0.25) is 4.79 Å². The van der Waals surface area contributed by atoms with E-state index < -0.39 is 12.2 Å². The summed E-state index contributed by atoms with van der Waals surface area (Å²) >= 11 is 0. The van der Waals surface area contributed by atoms with Gasteiger partial charge in [-0.05, 0) is 22.3 Å². The van der Waals surface area contributed by atoms with E-state index in [2.05, 4.69) is 12.1 Å². The molecule has 3 aromatic carbocycles. The second-order valence-electron chi connectivity index (χ2n) is 8.23. The molecule has 4 nitrogen and oxygen atoms in total. The highest BCUT2D eigenvalue weighted by molar-refractivity contribution is 5.86. The molecule has 0 aromatic heterocycles. The summed E-state index contributed by atoms with van der Waals surface area (Å²) in [4.78, 5) is 13.2. The molecule has 0 unspecified atom stereocenters. The predicted molar refractivity (Wildman–Crippen MR) is 117 cm³/mol. The molecule has 2 aliphatic rings. The smallest absolute Gasteiger partial charge is 0.165 e. The van der Waals surface area contributed by atoms with Gasteiger partial charge < -0.3 is 14.2 Å². The van der Waals surface area contributed by atoms with Crippen LogP contribution in [0.4, 0.5) is 0 Å². The topological polar surface area (TPSA) is 44.8 Å². The first-order chi connectivity index (χ1) is 15.3. The number of Topliss-reactive ketones (excluding diaryl/α,β-unsaturated/α-hetero) is 1. The molecule has 3 aromatic rings. The number of carbonyl (C=O) groups is 1. The summed E-state index contributed by atoms with van der Waals surface area (Å²) in [5, 5.41) is 0. The van der Waals surface area contributed by atoms with Crippen LogP contribution in [0.15, 0.2) is 84.9 Å². The van der Waals surface area contributed by atoms with Crippen LogP contribution in [0.25, 0.3) is 0 Å². The standard InChI is InChI=1S/C27H26O4/c28-24-15-23-22-14-8-7-13-21(22)18-31-25(23)27(30-17-20-11-5-2-6-12-20)26(24)29-16-19-9-3-1-4-10-19/h1-14,23,25-27H,15-18H2/t23-,25+,26+,27-/m0/s1. The second-order valence-corrected chi connectivity index (χ2v) is 8.23. The van der Waals surface area contributed by atoms with Crippen LogP contribution in [0, 0.1) is 0 Å². The molecule has 0 N–H and O–H groups in total. The Hall–Kier alpha value is -2.79. The zero-order valence-corrected chi connectivity index (χ0v) is 17.4. The van der Waals surface area contributed by atoms with Gasteiger partial charge in [-0.1, -0.05) is 84.9 Å². The Balaban J connectivity index is 1.40. The maximum absolute atomic E-state index is 13.2. The normalized spacial score (nSPS) is 25.0. The Bertz CT molecular complexity index is 1020. The molecule has 0 bridgehead atoms. The molecule has 5 rings (SSSR count). The minimum Gasteiger partial charge on any atom is -0.370 e. The van der Waals surface area contributed by atoms with E-state index in [1.807, 2.05) is 72.8 Å². The molecule has 1 aliphatic heterocycles. The number of fused-ring (bicyclic) bond motifs is 3. The summed E-state index contributed by atoms with van der Waals surface area (Å²) in [6, 6.07) is 28.2. The van der Waals surface area contributed by atoms with Crippen molar-refractivity contribution in [2.24, 2.45) is 0 Å². The van der Waals surface area contributed by atoms with Crippen LogP contribution >= 0.6 is 0 Å². The molecule has 0 spiro atoms. The molecule has 4 atom stereocenters. The first-order valence-electron chi connectivity index (χ1n) is 10.8. The van der Waals surface area contributed by atoms with E-state index in [4.69, 9.17) is 14.2 Å². The highest BCUT2D eigenvalue weighted by Crippen LogP contribution is 2.41. The third-order valence-corrected chi connectivity index (χ3v) is 6.20. The fourth-order valence-corrected chi connectivity index (χ4v) is 4.64. The van der Waals surface area contributed by atoms with Crippen LogP contribution in [-0.4, -0.2) is 24.1 Å². The van der Waals surface area contributed by atoms with Crippen molar-refractivity contribution < 1.29 is 19.0 Å². The SMILES string of the molecule is O=C1C[C@H]2c3ccccc3CO[C@H]2[C@H](OCc2ccccc2)[C@@H]1OCc1ccccc1. The summed E-state index contributed by atoms with van der Waals surface area (Å²) in [5.74, 6) is 0.0744. The van der Waals surface area contributed by atoms with Gasteiger partial charge in [0.2, 0.25) is 0 Å². The average Bonchev–Trinajstić information content (AvgIpc) is 2.83. The quantitative estimate of drug-likeness (QED) is 0.581. The van der Waals surface area contributed by atoms with E-state index in [0.717, 1.165) is 16.7 Å². The van der Waals surface area contributed by atoms with E-state index in [1.165, 1.54) is 5.56 Å². The van der Waals surface area contributed by atoms with E-state index in [-0.39, 0.29) is 17.8 Å². The number of rotatable bonds is 6. The monoisotopic (exact) mass is 414 g/mol. The van der Waals surface area contributed by atoms with Crippen molar-refractivity contribution in [3.63, 3.8) is 0 Å². The van der Waals surface area contributed by atoms with Crippen LogP contribution in [0.3, 0.4) is 0 Å². The maximum Gasteiger partial charge on any atom is 0.165 e. The molecule has 158 valence electrons. The molecule has 1 aliphatic carbocycles. The lowest BCUT2D eigenvalue weighted by molar-refractivity contribution is -0.186. The fraction of sp³-hybridized carbons (Fsp3) is 0.296. The van der Waals surface area contributed by atoms with Gasteiger partial charge in [-0.25, -0.2) is 0 Å². The Morgan fingerprint density at radius 2 is 1.39 bits per heavy atom. The van der Waals surface area contributed by atoms with Gasteiger partial charge in [0, 0.05) is 12.3 Å². The van der Waals surface area contributed by atoms with Crippen molar-refractivity contribution in [2.75, 3.05) is 0 Å². The van der Waals surface area contributed by atoms with Crippen LogP contribution in [0.1, 0.15) is 34.6 Å². The lowest BCUT2D eigenvalue weighted by atomic mass is 9.75. The molecular formula is C27H26O4. The zero-order chi connectivity index (χ0) is 21.0. The maximum atomic E-state index is 13.2. The lowest BCUT2D eigenvalue weighted by Crippen LogP contribution is -2.55. The largest absolute Gasteiger partial charge is 0.370 e. The van der Waals surface area contributed by atoms with Crippen LogP contribution < -0.4 is 0 Å². The minimum atomic E-state index is -0.643. The highest BCUT2D eigenvalue weighted by Gasteiger charge is 2.49. The van der Waals surface area contributed by atoms with Crippen LogP contribution in [0.5, 0.6) is 0 Å². The van der Waals surface area contributed by atoms with E-state index in [1.54, 1.807) is 0 Å². The Labute approximate surface area is 182 Å². The number of carbonyl (C=O) groups excluding carboxylic acids is 1. The Morgan fingerprint density at radius 1 is 0.774 bits per heavy atom. The first kappa shape index (κ1) is 20.1. The molecule has 31 heavy (non-hydrogen) atoms. The molecular weight excluding hydrogens is 388 g/mol. The lowest BCUT2D eigenvalue weighted by Gasteiger charge is -2.44. The van der Waals surface area contributed by atoms with Crippen molar-refractivity contribution in [3.8, 4) is 0 Å². The molecule has 1 fully saturated rings. The summed E-state index contributed by atoms with van der Waals surface area (Å²) in [7, 11) is 0. The average molecular weight is 415 g/mol. The van der Waals surface area contributed by atoms with E-state index >= 15 is 0 Å². The second kappa shape index (κ2) is 9.15. The summed E-state index contributed by atoms with van der Waals surface area (Å²) in [5.41, 5.74) is 4.45. The third kappa shape index (κ3) is 4.33. The summed E-state index contributed by atoms with van der Waals surface area (Å²) in [6.07, 6.45) is -0.900. The summed E-state index contributed by atoms with van der Waals surface area (Å²) in [6.45, 7) is 1.32. The van der Waals surface area contributed by atoms with Gasteiger partial charge in [-0.2, -0.15) is 0 Å². The van der Waals surface area contributed by atoms with Crippen LogP contribution in [-0.2, 0) is 38.8 Å². The predicted octanol–water partition coefficient (Wildman–Crippen LogP) is 4.81. The molecule has 1 heterocycles. The molecule has 0 radical (unpaired) electrons. The first-order valence-corrected chi connectivity index (χ1v) is 10.8. The van der Waals surface area contributed by atoms with Gasteiger partial charge in [-0.15, -0.1) is 0 Å². The summed E-state index contributed by atoms with van der Waals surface area (Å²) < 4.78 is 18.8. The van der Waals surface area contributed by atoms with Crippen molar-refractivity contribution >= 4 is 5.78 Å². The third-order valence-electron chi connectivity index (χ3n) is 6.20. The number of hydrogen-bond donors (Lipinski definition) is 0. The molecule has 0 saturated heterocycles. The number of benzene rings is 3. The van der Waals surface area contributed by atoms with Gasteiger partial charge in [0.15, 0.2) is 5.78 Å². The fourth-order valence-electron chi connectivity index (χ4n) is 4.64. The van der Waals surface area contributed by atoms with Gasteiger partial charge in [0.05, 0.1) is 25.9 Å². The van der Waals surface area contributed by atoms with E-state index in [0.29, 0.717) is 26.2 Å². The van der Waals surface area contributed by atoms with Crippen molar-refractivity contribution in [3.05, 3.63) is 107 Å². The van der Waals surface area contributed by atoms with Gasteiger partial charge in [0.1, 0.15) is 12.2 Å². The Morgan fingerprint density at radius 3 is 2.10 bits per heavy atom.